The monoisotopic (exact) mass is 396 g/mol. The van der Waals surface area contributed by atoms with Crippen LogP contribution in [0, 0.1) is 45.3 Å². The Morgan fingerprint density at radius 1 is 0.862 bits per heavy atom. The molecule has 5 rings (SSSR count). The summed E-state index contributed by atoms with van der Waals surface area (Å²) in [5, 5.41) is 10.5. The number of rotatable bonds is 0. The Kier molecular flexibility index (Phi) is 4.38. The van der Waals surface area contributed by atoms with Crippen LogP contribution in [-0.2, 0) is 0 Å². The van der Waals surface area contributed by atoms with Crippen molar-refractivity contribution in [3.05, 3.63) is 23.8 Å². The normalized spacial score (nSPS) is 53.8. The van der Waals surface area contributed by atoms with Gasteiger partial charge in [-0.1, -0.05) is 64.8 Å². The fourth-order valence-corrected chi connectivity index (χ4v) is 10.1. The van der Waals surface area contributed by atoms with Crippen LogP contribution in [0.2, 0.25) is 0 Å². The van der Waals surface area contributed by atoms with Crippen molar-refractivity contribution in [2.75, 3.05) is 0 Å². The third-order valence-electron chi connectivity index (χ3n) is 11.3. The molecular formula is C28H44O. The maximum atomic E-state index is 10.5. The Labute approximate surface area is 179 Å². The first kappa shape index (κ1) is 20.3. The van der Waals surface area contributed by atoms with E-state index in [9.17, 15) is 5.11 Å². The number of hydrogen-bond donors (Lipinski definition) is 1. The van der Waals surface area contributed by atoms with Crippen molar-refractivity contribution in [1.29, 1.82) is 0 Å². The zero-order valence-corrected chi connectivity index (χ0v) is 19.7. The standard InChI is InChI=1S/C28H44O/c1-18-16-20-21(9-14-26(4)13-8-19(29)17-22(20)26)27(5)15-10-23-25(2,3)11-7-12-28(23,6)24(18)27/h16,19,21-24,29H,1,7-15,17H2,2-6H3. The van der Waals surface area contributed by atoms with Gasteiger partial charge in [-0.2, -0.15) is 0 Å². The molecule has 0 amide bonds. The summed E-state index contributed by atoms with van der Waals surface area (Å²) in [4.78, 5) is 0. The zero-order chi connectivity index (χ0) is 20.8. The lowest BCUT2D eigenvalue weighted by Crippen LogP contribution is -2.60. The largest absolute Gasteiger partial charge is 0.393 e. The minimum Gasteiger partial charge on any atom is -0.393 e. The van der Waals surface area contributed by atoms with Crippen molar-refractivity contribution in [3.8, 4) is 0 Å². The van der Waals surface area contributed by atoms with Crippen molar-refractivity contribution in [1.82, 2.24) is 0 Å². The number of allylic oxidation sites excluding steroid dienone is 3. The van der Waals surface area contributed by atoms with Crippen molar-refractivity contribution in [3.63, 3.8) is 0 Å². The third kappa shape index (κ3) is 2.68. The molecule has 1 N–H and O–H groups in total. The van der Waals surface area contributed by atoms with Crippen molar-refractivity contribution >= 4 is 0 Å². The van der Waals surface area contributed by atoms with E-state index in [0.717, 1.165) is 18.8 Å². The Bertz CT molecular complexity index is 745. The highest BCUT2D eigenvalue weighted by Gasteiger charge is 2.63. The van der Waals surface area contributed by atoms with E-state index < -0.39 is 0 Å². The van der Waals surface area contributed by atoms with Crippen molar-refractivity contribution < 1.29 is 5.11 Å². The summed E-state index contributed by atoms with van der Waals surface area (Å²) in [7, 11) is 0. The SMILES string of the molecule is C=C1C=C2C3CC(O)CCC3(C)CCC2C2(C)CCC3C(C)(C)CCCC3(C)C12. The molecule has 1 heteroatoms. The summed E-state index contributed by atoms with van der Waals surface area (Å²) < 4.78 is 0. The molecule has 4 fully saturated rings. The molecule has 8 atom stereocenters. The van der Waals surface area contributed by atoms with E-state index in [2.05, 4.69) is 40.7 Å². The zero-order valence-electron chi connectivity index (χ0n) is 19.7. The van der Waals surface area contributed by atoms with E-state index in [1.165, 1.54) is 56.9 Å². The maximum absolute atomic E-state index is 10.5. The highest BCUT2D eigenvalue weighted by atomic mass is 16.3. The lowest BCUT2D eigenvalue weighted by molar-refractivity contribution is -0.139. The van der Waals surface area contributed by atoms with Gasteiger partial charge < -0.3 is 5.11 Å². The predicted octanol–water partition coefficient (Wildman–Crippen LogP) is 7.31. The third-order valence-corrected chi connectivity index (χ3v) is 11.3. The van der Waals surface area contributed by atoms with Crippen molar-refractivity contribution in [2.24, 2.45) is 45.3 Å². The van der Waals surface area contributed by atoms with Gasteiger partial charge in [0.15, 0.2) is 0 Å². The molecule has 0 aromatic carbocycles. The van der Waals surface area contributed by atoms with Gasteiger partial charge in [-0.15, -0.1) is 0 Å². The highest BCUT2D eigenvalue weighted by molar-refractivity contribution is 5.40. The lowest BCUT2D eigenvalue weighted by atomic mass is 9.37. The Balaban J connectivity index is 1.58. The molecule has 0 heterocycles. The van der Waals surface area contributed by atoms with Crippen LogP contribution in [0.25, 0.3) is 0 Å². The molecule has 162 valence electrons. The van der Waals surface area contributed by atoms with Gasteiger partial charge >= 0.3 is 0 Å². The molecule has 8 unspecified atom stereocenters. The van der Waals surface area contributed by atoms with Crippen LogP contribution in [0.3, 0.4) is 0 Å². The van der Waals surface area contributed by atoms with Gasteiger partial charge in [-0.25, -0.2) is 0 Å². The quantitative estimate of drug-likeness (QED) is 0.455. The van der Waals surface area contributed by atoms with Gasteiger partial charge in [0.05, 0.1) is 6.10 Å². The molecule has 5 aliphatic rings. The molecule has 0 radical (unpaired) electrons. The van der Waals surface area contributed by atoms with Gasteiger partial charge in [0.1, 0.15) is 0 Å². The Morgan fingerprint density at radius 3 is 2.34 bits per heavy atom. The first-order valence-electron chi connectivity index (χ1n) is 12.6. The van der Waals surface area contributed by atoms with Crippen LogP contribution >= 0.6 is 0 Å². The molecule has 29 heavy (non-hydrogen) atoms. The van der Waals surface area contributed by atoms with E-state index in [4.69, 9.17) is 6.58 Å². The second kappa shape index (κ2) is 6.24. The van der Waals surface area contributed by atoms with Crippen LogP contribution in [0.5, 0.6) is 0 Å². The van der Waals surface area contributed by atoms with Crippen LogP contribution in [0.4, 0.5) is 0 Å². The Morgan fingerprint density at radius 2 is 1.59 bits per heavy atom. The molecule has 0 bridgehead atoms. The topological polar surface area (TPSA) is 20.2 Å². The van der Waals surface area contributed by atoms with Crippen LogP contribution in [0.15, 0.2) is 23.8 Å². The summed E-state index contributed by atoms with van der Waals surface area (Å²) in [6.45, 7) is 17.6. The molecule has 0 aliphatic heterocycles. The van der Waals surface area contributed by atoms with Crippen LogP contribution in [0.1, 0.15) is 98.8 Å². The molecule has 0 aromatic heterocycles. The number of aliphatic hydroxyl groups is 1. The number of hydrogen-bond acceptors (Lipinski definition) is 1. The molecule has 0 spiro atoms. The Hall–Kier alpha value is -0.560. The maximum Gasteiger partial charge on any atom is 0.0546 e. The van der Waals surface area contributed by atoms with E-state index in [0.29, 0.717) is 39.4 Å². The van der Waals surface area contributed by atoms with Crippen molar-refractivity contribution in [2.45, 2.75) is 105 Å². The fourth-order valence-electron chi connectivity index (χ4n) is 10.1. The number of aliphatic hydroxyl groups excluding tert-OH is 1. The summed E-state index contributed by atoms with van der Waals surface area (Å²) in [6.07, 6.45) is 15.3. The molecule has 4 saturated carbocycles. The van der Waals surface area contributed by atoms with E-state index in [-0.39, 0.29) is 6.10 Å². The molecular weight excluding hydrogens is 352 g/mol. The van der Waals surface area contributed by atoms with Gasteiger partial charge in [-0.3, -0.25) is 0 Å². The average molecular weight is 397 g/mol. The first-order valence-corrected chi connectivity index (χ1v) is 12.6. The summed E-state index contributed by atoms with van der Waals surface area (Å²) in [6, 6.07) is 0. The second-order valence-electron chi connectivity index (χ2n) is 13.3. The lowest BCUT2D eigenvalue weighted by Gasteiger charge is -2.67. The number of fused-ring (bicyclic) bond motifs is 7. The molecule has 1 nitrogen and oxygen atoms in total. The fraction of sp³-hybridized carbons (Fsp3) is 0.857. The predicted molar refractivity (Wildman–Crippen MR) is 121 cm³/mol. The van der Waals surface area contributed by atoms with Gasteiger partial charge in [0, 0.05) is 0 Å². The summed E-state index contributed by atoms with van der Waals surface area (Å²) >= 11 is 0. The molecule has 0 saturated heterocycles. The van der Waals surface area contributed by atoms with E-state index in [1.54, 1.807) is 5.57 Å². The van der Waals surface area contributed by atoms with Crippen LogP contribution in [-0.4, -0.2) is 11.2 Å². The highest BCUT2D eigenvalue weighted by Crippen LogP contribution is 2.72. The summed E-state index contributed by atoms with van der Waals surface area (Å²) in [5.74, 6) is 2.76. The first-order chi connectivity index (χ1) is 13.5. The van der Waals surface area contributed by atoms with Gasteiger partial charge in [0.25, 0.3) is 0 Å². The minimum absolute atomic E-state index is 0.0982. The molecule has 5 aliphatic carbocycles. The summed E-state index contributed by atoms with van der Waals surface area (Å²) in [5.41, 5.74) is 4.77. The smallest absolute Gasteiger partial charge is 0.0546 e. The molecule has 0 aromatic rings. The van der Waals surface area contributed by atoms with E-state index >= 15 is 0 Å². The second-order valence-corrected chi connectivity index (χ2v) is 13.3. The van der Waals surface area contributed by atoms with Gasteiger partial charge in [0.2, 0.25) is 0 Å². The van der Waals surface area contributed by atoms with Gasteiger partial charge in [-0.05, 0) is 103 Å². The van der Waals surface area contributed by atoms with E-state index in [1.807, 2.05) is 0 Å². The average Bonchev–Trinajstić information content (AvgIpc) is 2.61. The minimum atomic E-state index is -0.0982. The van der Waals surface area contributed by atoms with Crippen LogP contribution < -0.4 is 0 Å².